The summed E-state index contributed by atoms with van der Waals surface area (Å²) in [5.41, 5.74) is 0.672. The predicted molar refractivity (Wildman–Crippen MR) is 73.5 cm³/mol. The van der Waals surface area contributed by atoms with Gasteiger partial charge in [-0.2, -0.15) is 0 Å². The van der Waals surface area contributed by atoms with Crippen LogP contribution >= 0.6 is 27.5 Å². The molecule has 1 heterocycles. The maximum atomic E-state index is 12.3. The third-order valence-corrected chi connectivity index (χ3v) is 3.68. The van der Waals surface area contributed by atoms with E-state index in [0.29, 0.717) is 10.6 Å². The number of amides is 1. The van der Waals surface area contributed by atoms with Crippen molar-refractivity contribution in [1.82, 2.24) is 4.90 Å². The van der Waals surface area contributed by atoms with Gasteiger partial charge in [0, 0.05) is 28.1 Å². The lowest BCUT2D eigenvalue weighted by atomic mass is 10.2. The van der Waals surface area contributed by atoms with Gasteiger partial charge in [0.1, 0.15) is 0 Å². The summed E-state index contributed by atoms with van der Waals surface area (Å²) in [6.45, 7) is 1.73. The molecule has 92 valence electrons. The first-order valence-corrected chi connectivity index (χ1v) is 7.09. The zero-order valence-electron chi connectivity index (χ0n) is 9.59. The average Bonchev–Trinajstić information content (AvgIpc) is 2.55. The molecule has 0 atom stereocenters. The van der Waals surface area contributed by atoms with Crippen LogP contribution in [0.3, 0.4) is 0 Å². The van der Waals surface area contributed by atoms with E-state index in [4.69, 9.17) is 11.6 Å². The van der Waals surface area contributed by atoms with Crippen LogP contribution in [0, 0.1) is 0 Å². The van der Waals surface area contributed by atoms with Crippen molar-refractivity contribution in [2.75, 3.05) is 13.1 Å². The topological polar surface area (TPSA) is 20.3 Å². The SMILES string of the molecule is O=C(c1cc(Cl)cc(Br)c1)N1CCCCCC1. The normalized spacial score (nSPS) is 16.7. The summed E-state index contributed by atoms with van der Waals surface area (Å²) < 4.78 is 0.850. The fourth-order valence-corrected chi connectivity index (χ4v) is 2.99. The first-order valence-electron chi connectivity index (χ1n) is 5.92. The smallest absolute Gasteiger partial charge is 0.253 e. The second-order valence-electron chi connectivity index (χ2n) is 4.36. The van der Waals surface area contributed by atoms with Crippen molar-refractivity contribution in [3.63, 3.8) is 0 Å². The molecule has 0 N–H and O–H groups in total. The Hall–Kier alpha value is -0.540. The molecule has 1 aromatic rings. The Morgan fingerprint density at radius 3 is 2.35 bits per heavy atom. The van der Waals surface area contributed by atoms with Gasteiger partial charge < -0.3 is 4.90 Å². The van der Waals surface area contributed by atoms with Gasteiger partial charge in [0.05, 0.1) is 0 Å². The largest absolute Gasteiger partial charge is 0.339 e. The molecule has 1 fully saturated rings. The van der Waals surface area contributed by atoms with E-state index in [1.54, 1.807) is 12.1 Å². The third-order valence-electron chi connectivity index (χ3n) is 3.00. The van der Waals surface area contributed by atoms with Crippen LogP contribution in [-0.2, 0) is 0 Å². The molecule has 2 nitrogen and oxygen atoms in total. The number of carbonyl (C=O) groups excluding carboxylic acids is 1. The van der Waals surface area contributed by atoms with Gasteiger partial charge in [0.25, 0.3) is 5.91 Å². The second-order valence-corrected chi connectivity index (χ2v) is 5.72. The lowest BCUT2D eigenvalue weighted by molar-refractivity contribution is 0.0761. The molecule has 1 amide bonds. The van der Waals surface area contributed by atoms with E-state index in [9.17, 15) is 4.79 Å². The van der Waals surface area contributed by atoms with Crippen LogP contribution in [0.4, 0.5) is 0 Å². The molecule has 1 saturated heterocycles. The van der Waals surface area contributed by atoms with Crippen LogP contribution in [0.2, 0.25) is 5.02 Å². The van der Waals surface area contributed by atoms with Crippen molar-refractivity contribution in [3.05, 3.63) is 33.3 Å². The molecule has 0 aromatic heterocycles. The second kappa shape index (κ2) is 5.87. The molecule has 0 unspecified atom stereocenters. The Bertz CT molecular complexity index is 394. The van der Waals surface area contributed by atoms with Gasteiger partial charge in [-0.25, -0.2) is 0 Å². The summed E-state index contributed by atoms with van der Waals surface area (Å²) in [6, 6.07) is 5.36. The molecule has 0 aliphatic carbocycles. The Labute approximate surface area is 115 Å². The quantitative estimate of drug-likeness (QED) is 0.763. The number of benzene rings is 1. The van der Waals surface area contributed by atoms with Crippen LogP contribution < -0.4 is 0 Å². The van der Waals surface area contributed by atoms with Crippen molar-refractivity contribution in [2.45, 2.75) is 25.7 Å². The van der Waals surface area contributed by atoms with Gasteiger partial charge in [-0.15, -0.1) is 0 Å². The Kier molecular flexibility index (Phi) is 4.46. The number of nitrogens with zero attached hydrogens (tertiary/aromatic N) is 1. The molecule has 2 rings (SSSR count). The zero-order chi connectivity index (χ0) is 12.3. The van der Waals surface area contributed by atoms with Crippen LogP contribution in [-0.4, -0.2) is 23.9 Å². The summed E-state index contributed by atoms with van der Waals surface area (Å²) in [7, 11) is 0. The number of rotatable bonds is 1. The minimum atomic E-state index is 0.0927. The minimum absolute atomic E-state index is 0.0927. The molecule has 1 aromatic carbocycles. The Balaban J connectivity index is 2.17. The average molecular weight is 317 g/mol. The first-order chi connectivity index (χ1) is 8.16. The number of hydrogen-bond donors (Lipinski definition) is 0. The highest BCUT2D eigenvalue weighted by Gasteiger charge is 2.17. The van der Waals surface area contributed by atoms with Gasteiger partial charge >= 0.3 is 0 Å². The van der Waals surface area contributed by atoms with E-state index >= 15 is 0 Å². The van der Waals surface area contributed by atoms with Gasteiger partial charge in [0.2, 0.25) is 0 Å². The van der Waals surface area contributed by atoms with E-state index in [-0.39, 0.29) is 5.91 Å². The van der Waals surface area contributed by atoms with Crippen molar-refractivity contribution >= 4 is 33.4 Å². The first kappa shape index (κ1) is 12.9. The minimum Gasteiger partial charge on any atom is -0.339 e. The molecule has 1 aliphatic rings. The van der Waals surface area contributed by atoms with E-state index in [1.165, 1.54) is 12.8 Å². The zero-order valence-corrected chi connectivity index (χ0v) is 11.9. The van der Waals surface area contributed by atoms with E-state index < -0.39 is 0 Å². The number of likely N-dealkylation sites (tertiary alicyclic amines) is 1. The predicted octanol–water partition coefficient (Wildman–Crippen LogP) is 4.12. The van der Waals surface area contributed by atoms with E-state index in [0.717, 1.165) is 30.4 Å². The molecule has 0 spiro atoms. The van der Waals surface area contributed by atoms with Gasteiger partial charge in [-0.3, -0.25) is 4.79 Å². The molecular weight excluding hydrogens is 302 g/mol. The Morgan fingerprint density at radius 1 is 1.12 bits per heavy atom. The fourth-order valence-electron chi connectivity index (χ4n) is 2.13. The molecule has 0 saturated carbocycles. The summed E-state index contributed by atoms with van der Waals surface area (Å²) in [5, 5.41) is 0.595. The van der Waals surface area contributed by atoms with Crippen molar-refractivity contribution in [1.29, 1.82) is 0 Å². The van der Waals surface area contributed by atoms with Crippen molar-refractivity contribution < 1.29 is 4.79 Å². The number of halogens is 2. The standard InChI is InChI=1S/C13H15BrClNO/c14-11-7-10(8-12(15)9-11)13(17)16-5-3-1-2-4-6-16/h7-9H,1-6H2. The van der Waals surface area contributed by atoms with Gasteiger partial charge in [0.15, 0.2) is 0 Å². The lowest BCUT2D eigenvalue weighted by Crippen LogP contribution is -2.31. The van der Waals surface area contributed by atoms with E-state index in [1.807, 2.05) is 11.0 Å². The molecule has 17 heavy (non-hydrogen) atoms. The van der Waals surface area contributed by atoms with Crippen LogP contribution in [0.1, 0.15) is 36.0 Å². The summed E-state index contributed by atoms with van der Waals surface area (Å²) in [5.74, 6) is 0.0927. The highest BCUT2D eigenvalue weighted by atomic mass is 79.9. The molecule has 0 bridgehead atoms. The maximum absolute atomic E-state index is 12.3. The fraction of sp³-hybridized carbons (Fsp3) is 0.462. The summed E-state index contributed by atoms with van der Waals surface area (Å²) >= 11 is 9.33. The number of hydrogen-bond acceptors (Lipinski definition) is 1. The lowest BCUT2D eigenvalue weighted by Gasteiger charge is -2.20. The molecular formula is C13H15BrClNO. The van der Waals surface area contributed by atoms with Gasteiger partial charge in [-0.1, -0.05) is 40.4 Å². The van der Waals surface area contributed by atoms with Crippen LogP contribution in [0.5, 0.6) is 0 Å². The highest BCUT2D eigenvalue weighted by molar-refractivity contribution is 9.10. The van der Waals surface area contributed by atoms with Crippen LogP contribution in [0.15, 0.2) is 22.7 Å². The van der Waals surface area contributed by atoms with Crippen molar-refractivity contribution in [3.8, 4) is 0 Å². The summed E-state index contributed by atoms with van der Waals surface area (Å²) in [4.78, 5) is 14.2. The van der Waals surface area contributed by atoms with Crippen molar-refractivity contribution in [2.24, 2.45) is 0 Å². The maximum Gasteiger partial charge on any atom is 0.253 e. The molecule has 1 aliphatic heterocycles. The monoisotopic (exact) mass is 315 g/mol. The van der Waals surface area contributed by atoms with Gasteiger partial charge in [-0.05, 0) is 31.0 Å². The summed E-state index contributed by atoms with van der Waals surface area (Å²) in [6.07, 6.45) is 4.66. The number of carbonyl (C=O) groups is 1. The molecule has 4 heteroatoms. The van der Waals surface area contributed by atoms with E-state index in [2.05, 4.69) is 15.9 Å². The van der Waals surface area contributed by atoms with Crippen LogP contribution in [0.25, 0.3) is 0 Å². The Morgan fingerprint density at radius 2 is 1.76 bits per heavy atom. The third kappa shape index (κ3) is 3.46. The highest BCUT2D eigenvalue weighted by Crippen LogP contribution is 2.21. The molecule has 0 radical (unpaired) electrons.